The van der Waals surface area contributed by atoms with Gasteiger partial charge in [-0.15, -0.1) is 0 Å². The number of likely N-dealkylation sites (tertiary alicyclic amines) is 1. The van der Waals surface area contributed by atoms with E-state index in [4.69, 9.17) is 16.3 Å². The number of Topliss-reactive ketones (excluding diaryl/α,β-unsaturated/α-hetero) is 1. The van der Waals surface area contributed by atoms with Crippen LogP contribution in [-0.4, -0.2) is 45.9 Å². The summed E-state index contributed by atoms with van der Waals surface area (Å²) in [6.07, 6.45) is 1.35. The lowest BCUT2D eigenvalue weighted by molar-refractivity contribution is -0.384. The first kappa shape index (κ1) is 21.0. The Kier molecular flexibility index (Phi) is 5.75. The number of nitro groups is 1. The highest BCUT2D eigenvalue weighted by Crippen LogP contribution is 2.40. The van der Waals surface area contributed by atoms with Gasteiger partial charge in [0.15, 0.2) is 0 Å². The predicted octanol–water partition coefficient (Wildman–Crippen LogP) is 3.85. The number of aliphatic hydroxyl groups is 1. The number of aliphatic hydroxyl groups excluding tert-OH is 1. The first-order chi connectivity index (χ1) is 14.9. The first-order valence-electron chi connectivity index (χ1n) is 9.77. The SMILES string of the molecule is O=C1C(=O)N(C[C@@H]2CCCO2)[C@H](c2cccc([N+](=O)[O-])c2)C1=C(O)c1ccc(Cl)cc1. The van der Waals surface area contributed by atoms with E-state index in [1.807, 2.05) is 0 Å². The minimum absolute atomic E-state index is 0.120. The second kappa shape index (κ2) is 8.49. The third kappa shape index (κ3) is 4.04. The van der Waals surface area contributed by atoms with Crippen molar-refractivity contribution in [2.45, 2.75) is 25.0 Å². The van der Waals surface area contributed by atoms with Crippen molar-refractivity contribution < 1.29 is 24.4 Å². The molecular weight excluding hydrogens is 424 g/mol. The van der Waals surface area contributed by atoms with Crippen LogP contribution < -0.4 is 0 Å². The number of hydrogen-bond acceptors (Lipinski definition) is 6. The Bertz CT molecular complexity index is 1080. The van der Waals surface area contributed by atoms with E-state index in [-0.39, 0.29) is 29.7 Å². The van der Waals surface area contributed by atoms with E-state index in [0.29, 0.717) is 22.8 Å². The van der Waals surface area contributed by atoms with Crippen LogP contribution in [0.5, 0.6) is 0 Å². The van der Waals surface area contributed by atoms with Gasteiger partial charge in [-0.1, -0.05) is 23.7 Å². The number of ether oxygens (including phenoxy) is 1. The minimum atomic E-state index is -0.972. The van der Waals surface area contributed by atoms with Crippen LogP contribution in [0.4, 0.5) is 5.69 Å². The van der Waals surface area contributed by atoms with E-state index < -0.39 is 22.7 Å². The van der Waals surface area contributed by atoms with Gasteiger partial charge in [-0.25, -0.2) is 0 Å². The van der Waals surface area contributed by atoms with Crippen LogP contribution >= 0.6 is 11.6 Å². The first-order valence-corrected chi connectivity index (χ1v) is 10.1. The zero-order valence-corrected chi connectivity index (χ0v) is 17.1. The van der Waals surface area contributed by atoms with Gasteiger partial charge in [0, 0.05) is 35.9 Å². The summed E-state index contributed by atoms with van der Waals surface area (Å²) in [5, 5.41) is 22.7. The van der Waals surface area contributed by atoms with E-state index in [0.717, 1.165) is 12.8 Å². The number of benzene rings is 2. The fourth-order valence-electron chi connectivity index (χ4n) is 3.99. The smallest absolute Gasteiger partial charge is 0.295 e. The Morgan fingerprint density at radius 3 is 2.61 bits per heavy atom. The molecule has 2 aliphatic heterocycles. The molecule has 0 spiro atoms. The summed E-state index contributed by atoms with van der Waals surface area (Å²) in [6.45, 7) is 0.718. The van der Waals surface area contributed by atoms with Crippen molar-refractivity contribution in [1.82, 2.24) is 4.90 Å². The van der Waals surface area contributed by atoms with Crippen LogP contribution in [0.1, 0.15) is 30.0 Å². The molecule has 2 aromatic rings. The van der Waals surface area contributed by atoms with Gasteiger partial charge in [-0.2, -0.15) is 0 Å². The Labute approximate surface area is 182 Å². The van der Waals surface area contributed by atoms with Gasteiger partial charge < -0.3 is 14.7 Å². The summed E-state index contributed by atoms with van der Waals surface area (Å²) < 4.78 is 5.63. The number of halogens is 1. The van der Waals surface area contributed by atoms with E-state index in [9.17, 15) is 24.8 Å². The molecule has 0 aliphatic carbocycles. The fraction of sp³-hybridized carbons (Fsp3) is 0.273. The zero-order chi connectivity index (χ0) is 22.1. The lowest BCUT2D eigenvalue weighted by atomic mass is 9.95. The van der Waals surface area contributed by atoms with Crippen LogP contribution in [0.2, 0.25) is 5.02 Å². The van der Waals surface area contributed by atoms with E-state index in [1.165, 1.54) is 35.2 Å². The summed E-state index contributed by atoms with van der Waals surface area (Å²) in [5.74, 6) is -1.98. The third-order valence-corrected chi connectivity index (χ3v) is 5.73. The summed E-state index contributed by atoms with van der Waals surface area (Å²) in [7, 11) is 0. The molecule has 1 amide bonds. The molecule has 2 atom stereocenters. The molecule has 2 aromatic carbocycles. The summed E-state index contributed by atoms with van der Waals surface area (Å²) in [6, 6.07) is 10.9. The molecule has 0 radical (unpaired) electrons. The van der Waals surface area contributed by atoms with Gasteiger partial charge in [-0.3, -0.25) is 19.7 Å². The largest absolute Gasteiger partial charge is 0.507 e. The van der Waals surface area contributed by atoms with Gasteiger partial charge in [0.05, 0.1) is 22.6 Å². The zero-order valence-electron chi connectivity index (χ0n) is 16.4. The Balaban J connectivity index is 1.85. The highest BCUT2D eigenvalue weighted by molar-refractivity contribution is 6.46. The van der Waals surface area contributed by atoms with Crippen LogP contribution in [0, 0.1) is 10.1 Å². The summed E-state index contributed by atoms with van der Waals surface area (Å²) in [4.78, 5) is 38.0. The summed E-state index contributed by atoms with van der Waals surface area (Å²) >= 11 is 5.91. The molecule has 0 unspecified atom stereocenters. The average molecular weight is 443 g/mol. The lowest BCUT2D eigenvalue weighted by Crippen LogP contribution is -2.36. The van der Waals surface area contributed by atoms with Crippen molar-refractivity contribution in [3.05, 3.63) is 80.4 Å². The molecule has 0 saturated carbocycles. The molecule has 2 fully saturated rings. The van der Waals surface area contributed by atoms with Gasteiger partial charge >= 0.3 is 0 Å². The maximum atomic E-state index is 13.0. The van der Waals surface area contributed by atoms with Gasteiger partial charge in [0.1, 0.15) is 5.76 Å². The molecule has 2 saturated heterocycles. The van der Waals surface area contributed by atoms with Gasteiger partial charge in [-0.05, 0) is 42.7 Å². The number of carbonyl (C=O) groups excluding carboxylic acids is 2. The highest BCUT2D eigenvalue weighted by Gasteiger charge is 2.47. The molecule has 8 nitrogen and oxygen atoms in total. The van der Waals surface area contributed by atoms with Crippen LogP contribution in [0.25, 0.3) is 5.76 Å². The average Bonchev–Trinajstić information content (AvgIpc) is 3.36. The van der Waals surface area contributed by atoms with Crippen molar-refractivity contribution in [3.8, 4) is 0 Å². The third-order valence-electron chi connectivity index (χ3n) is 5.48. The number of rotatable bonds is 5. The van der Waals surface area contributed by atoms with Crippen molar-refractivity contribution >= 4 is 34.7 Å². The molecule has 0 aromatic heterocycles. The molecule has 2 aliphatic rings. The lowest BCUT2D eigenvalue weighted by Gasteiger charge is -2.27. The molecule has 31 heavy (non-hydrogen) atoms. The number of non-ortho nitro benzene ring substituents is 1. The molecule has 9 heteroatoms. The Morgan fingerprint density at radius 2 is 1.97 bits per heavy atom. The number of hydrogen-bond donors (Lipinski definition) is 1. The van der Waals surface area contributed by atoms with Crippen molar-refractivity contribution in [1.29, 1.82) is 0 Å². The fourth-order valence-corrected chi connectivity index (χ4v) is 4.12. The Hall–Kier alpha value is -3.23. The van der Waals surface area contributed by atoms with E-state index in [1.54, 1.807) is 18.2 Å². The second-order valence-electron chi connectivity index (χ2n) is 7.45. The van der Waals surface area contributed by atoms with E-state index in [2.05, 4.69) is 0 Å². The molecule has 160 valence electrons. The number of amides is 1. The molecule has 0 bridgehead atoms. The standard InChI is InChI=1S/C22H19ClN2O6/c23-15-8-6-13(7-9-15)20(26)18-19(14-3-1-4-16(11-14)25(29)30)24(22(28)21(18)27)12-17-5-2-10-31-17/h1,3-4,6-9,11,17,19,26H,2,5,10,12H2/t17-,19+/m0/s1. The number of nitrogens with zero attached hydrogens (tertiary/aromatic N) is 2. The van der Waals surface area contributed by atoms with Crippen molar-refractivity contribution in [2.24, 2.45) is 0 Å². The quantitative estimate of drug-likeness (QED) is 0.247. The van der Waals surface area contributed by atoms with Gasteiger partial charge in [0.2, 0.25) is 0 Å². The molecule has 2 heterocycles. The molecular formula is C22H19ClN2O6. The van der Waals surface area contributed by atoms with Crippen molar-refractivity contribution in [3.63, 3.8) is 0 Å². The normalized spacial score (nSPS) is 22.8. The van der Waals surface area contributed by atoms with Crippen LogP contribution in [0.15, 0.2) is 54.1 Å². The maximum absolute atomic E-state index is 13.0. The van der Waals surface area contributed by atoms with Crippen LogP contribution in [0.3, 0.4) is 0 Å². The minimum Gasteiger partial charge on any atom is -0.507 e. The number of ketones is 1. The topological polar surface area (TPSA) is 110 Å². The molecule has 4 rings (SSSR count). The number of carbonyl (C=O) groups is 2. The number of nitro benzene ring substituents is 1. The molecule has 1 N–H and O–H groups in total. The van der Waals surface area contributed by atoms with Gasteiger partial charge in [0.25, 0.3) is 17.4 Å². The summed E-state index contributed by atoms with van der Waals surface area (Å²) in [5.41, 5.74) is 0.384. The second-order valence-corrected chi connectivity index (χ2v) is 7.88. The monoisotopic (exact) mass is 442 g/mol. The Morgan fingerprint density at radius 1 is 1.23 bits per heavy atom. The van der Waals surface area contributed by atoms with Crippen molar-refractivity contribution in [2.75, 3.05) is 13.2 Å². The van der Waals surface area contributed by atoms with E-state index >= 15 is 0 Å². The maximum Gasteiger partial charge on any atom is 0.295 e. The van der Waals surface area contributed by atoms with Crippen LogP contribution in [-0.2, 0) is 14.3 Å². The highest BCUT2D eigenvalue weighted by atomic mass is 35.5. The predicted molar refractivity (Wildman–Crippen MR) is 113 cm³/mol.